The van der Waals surface area contributed by atoms with E-state index in [-0.39, 0.29) is 17.9 Å². The Morgan fingerprint density at radius 1 is 1.52 bits per heavy atom. The van der Waals surface area contributed by atoms with Crippen molar-refractivity contribution in [1.29, 1.82) is 0 Å². The highest BCUT2D eigenvalue weighted by Crippen LogP contribution is 2.33. The Morgan fingerprint density at radius 3 is 2.76 bits per heavy atom. The molecular formula is C13H15N3O4S. The molecule has 1 aromatic heterocycles. The number of rotatable bonds is 5. The Bertz CT molecular complexity index is 724. The summed E-state index contributed by atoms with van der Waals surface area (Å²) in [5, 5.41) is 23.9. The molecule has 0 aliphatic heterocycles. The number of aromatic nitrogens is 1. The van der Waals surface area contributed by atoms with Gasteiger partial charge in [0, 0.05) is 12.6 Å². The third kappa shape index (κ3) is 3.10. The van der Waals surface area contributed by atoms with Gasteiger partial charge in [-0.05, 0) is 26.8 Å². The van der Waals surface area contributed by atoms with E-state index in [1.165, 1.54) is 17.4 Å². The van der Waals surface area contributed by atoms with Crippen molar-refractivity contribution in [2.24, 2.45) is 5.41 Å². The molecule has 8 heteroatoms. The summed E-state index contributed by atoms with van der Waals surface area (Å²) in [7, 11) is 0. The van der Waals surface area contributed by atoms with E-state index in [4.69, 9.17) is 5.11 Å². The van der Waals surface area contributed by atoms with Crippen LogP contribution in [0, 0.1) is 22.5 Å². The lowest BCUT2D eigenvalue weighted by Gasteiger charge is -2.20. The highest BCUT2D eigenvalue weighted by atomic mass is 32.1. The fourth-order valence-corrected chi connectivity index (χ4v) is 2.60. The van der Waals surface area contributed by atoms with Crippen LogP contribution < -0.4 is 5.32 Å². The van der Waals surface area contributed by atoms with Crippen molar-refractivity contribution in [1.82, 2.24) is 4.98 Å². The third-order valence-corrected chi connectivity index (χ3v) is 4.04. The van der Waals surface area contributed by atoms with E-state index in [1.54, 1.807) is 19.9 Å². The predicted molar refractivity (Wildman–Crippen MR) is 80.9 cm³/mol. The van der Waals surface area contributed by atoms with E-state index in [2.05, 4.69) is 10.3 Å². The molecule has 0 amide bonds. The highest BCUT2D eigenvalue weighted by Gasteiger charge is 2.28. The van der Waals surface area contributed by atoms with Gasteiger partial charge in [-0.1, -0.05) is 0 Å². The summed E-state index contributed by atoms with van der Waals surface area (Å²) in [5.41, 5.74) is -0.154. The molecule has 1 aromatic carbocycles. The summed E-state index contributed by atoms with van der Waals surface area (Å²) < 4.78 is 0.738. The van der Waals surface area contributed by atoms with Gasteiger partial charge in [-0.3, -0.25) is 14.9 Å². The van der Waals surface area contributed by atoms with Gasteiger partial charge in [0.25, 0.3) is 5.69 Å². The van der Waals surface area contributed by atoms with E-state index in [0.29, 0.717) is 5.52 Å². The zero-order valence-corrected chi connectivity index (χ0v) is 12.7. The maximum Gasteiger partial charge on any atom is 0.310 e. The van der Waals surface area contributed by atoms with Crippen LogP contribution in [0.1, 0.15) is 18.9 Å². The lowest BCUT2D eigenvalue weighted by Crippen LogP contribution is -2.31. The first-order valence-electron chi connectivity index (χ1n) is 6.23. The van der Waals surface area contributed by atoms with E-state index in [1.807, 2.05) is 6.92 Å². The topological polar surface area (TPSA) is 105 Å². The quantitative estimate of drug-likeness (QED) is 0.649. The van der Waals surface area contributed by atoms with Gasteiger partial charge in [0.1, 0.15) is 5.69 Å². The second kappa shape index (κ2) is 5.28. The highest BCUT2D eigenvalue weighted by molar-refractivity contribution is 7.18. The second-order valence-electron chi connectivity index (χ2n) is 5.37. The summed E-state index contributed by atoms with van der Waals surface area (Å²) in [6.45, 7) is 5.02. The van der Waals surface area contributed by atoms with Gasteiger partial charge < -0.3 is 10.4 Å². The molecule has 112 valence electrons. The number of benzene rings is 1. The lowest BCUT2D eigenvalue weighted by atomic mass is 9.94. The molecule has 2 N–H and O–H groups in total. The van der Waals surface area contributed by atoms with Gasteiger partial charge in [0.05, 0.1) is 25.6 Å². The Hall–Kier alpha value is -2.22. The Labute approximate surface area is 124 Å². The minimum atomic E-state index is -1.03. The number of fused-ring (bicyclic) bond motifs is 1. The first-order chi connectivity index (χ1) is 9.70. The summed E-state index contributed by atoms with van der Waals surface area (Å²) in [6.07, 6.45) is 0. The Morgan fingerprint density at radius 2 is 2.19 bits per heavy atom. The van der Waals surface area contributed by atoms with Crippen LogP contribution in [0.2, 0.25) is 0 Å². The van der Waals surface area contributed by atoms with Gasteiger partial charge in [-0.25, -0.2) is 4.98 Å². The van der Waals surface area contributed by atoms with E-state index >= 15 is 0 Å². The van der Waals surface area contributed by atoms with Gasteiger partial charge in [0.2, 0.25) is 0 Å². The molecular weight excluding hydrogens is 294 g/mol. The smallest absolute Gasteiger partial charge is 0.310 e. The van der Waals surface area contributed by atoms with Crippen LogP contribution in [0.25, 0.3) is 10.2 Å². The molecule has 0 aliphatic carbocycles. The van der Waals surface area contributed by atoms with Crippen molar-refractivity contribution in [2.45, 2.75) is 20.8 Å². The van der Waals surface area contributed by atoms with E-state index in [9.17, 15) is 14.9 Å². The van der Waals surface area contributed by atoms with Gasteiger partial charge in [0.15, 0.2) is 0 Å². The summed E-state index contributed by atoms with van der Waals surface area (Å²) in [4.78, 5) is 26.1. The molecule has 7 nitrogen and oxygen atoms in total. The number of aryl methyl sites for hydroxylation is 1. The summed E-state index contributed by atoms with van der Waals surface area (Å²) in [6, 6.07) is 3.06. The van der Waals surface area contributed by atoms with E-state index in [0.717, 1.165) is 9.71 Å². The molecule has 2 aromatic rings. The molecule has 0 aliphatic rings. The molecule has 0 spiro atoms. The van der Waals surface area contributed by atoms with Crippen LogP contribution in [-0.2, 0) is 4.79 Å². The number of thiazole rings is 1. The fourth-order valence-electron chi connectivity index (χ4n) is 1.76. The maximum atomic E-state index is 11.2. The third-order valence-electron chi connectivity index (χ3n) is 3.11. The van der Waals surface area contributed by atoms with Crippen LogP contribution in [-0.4, -0.2) is 27.5 Å². The first-order valence-corrected chi connectivity index (χ1v) is 7.05. The zero-order valence-electron chi connectivity index (χ0n) is 11.8. The zero-order chi connectivity index (χ0) is 15.8. The van der Waals surface area contributed by atoms with Crippen molar-refractivity contribution in [3.8, 4) is 0 Å². The number of nitrogens with one attached hydrogen (secondary N) is 1. The van der Waals surface area contributed by atoms with Crippen LogP contribution in [0.3, 0.4) is 0 Å². The molecule has 0 fully saturated rings. The first kappa shape index (κ1) is 15.2. The SMILES string of the molecule is Cc1nc2cc(NCC(C)(C)C(=O)O)c([N+](=O)[O-])cc2s1. The number of anilines is 1. The van der Waals surface area contributed by atoms with Gasteiger partial charge in [-0.15, -0.1) is 11.3 Å². The number of hydrogen-bond donors (Lipinski definition) is 2. The second-order valence-corrected chi connectivity index (χ2v) is 6.60. The minimum absolute atomic E-state index is 0.0765. The molecule has 21 heavy (non-hydrogen) atoms. The number of hydrogen-bond acceptors (Lipinski definition) is 6. The minimum Gasteiger partial charge on any atom is -0.481 e. The number of carbonyl (C=O) groups is 1. The van der Waals surface area contributed by atoms with Crippen molar-refractivity contribution < 1.29 is 14.8 Å². The number of aliphatic carboxylic acids is 1. The molecule has 1 heterocycles. The largest absolute Gasteiger partial charge is 0.481 e. The standard InChI is InChI=1S/C13H15N3O4S/c1-7-15-9-4-8(14-6-13(2,3)12(17)18)10(16(19)20)5-11(9)21-7/h4-5,14H,6H2,1-3H3,(H,17,18). The van der Waals surface area contributed by atoms with Gasteiger partial charge in [-0.2, -0.15) is 0 Å². The predicted octanol–water partition coefficient (Wildman–Crippen LogP) is 3.04. The van der Waals surface area contributed by atoms with Crippen molar-refractivity contribution in [2.75, 3.05) is 11.9 Å². The molecule has 0 radical (unpaired) electrons. The fraction of sp³-hybridized carbons (Fsp3) is 0.385. The number of carboxylic acids is 1. The molecule has 0 atom stereocenters. The van der Waals surface area contributed by atoms with Crippen LogP contribution in [0.5, 0.6) is 0 Å². The average molecular weight is 309 g/mol. The molecule has 2 rings (SSSR count). The Balaban J connectivity index is 2.39. The number of nitrogens with zero attached hydrogens (tertiary/aromatic N) is 2. The molecule has 0 bridgehead atoms. The number of carboxylic acid groups (broad SMARTS) is 1. The molecule has 0 saturated carbocycles. The van der Waals surface area contributed by atoms with Gasteiger partial charge >= 0.3 is 5.97 Å². The Kier molecular flexibility index (Phi) is 3.82. The summed E-state index contributed by atoms with van der Waals surface area (Å²) in [5.74, 6) is -0.969. The monoisotopic (exact) mass is 309 g/mol. The molecule has 0 unspecified atom stereocenters. The van der Waals surface area contributed by atoms with Crippen LogP contribution >= 0.6 is 11.3 Å². The number of nitro benzene ring substituents is 1. The maximum absolute atomic E-state index is 11.2. The summed E-state index contributed by atoms with van der Waals surface area (Å²) >= 11 is 1.38. The van der Waals surface area contributed by atoms with Crippen LogP contribution in [0.4, 0.5) is 11.4 Å². The average Bonchev–Trinajstić information content (AvgIpc) is 2.73. The normalized spacial score (nSPS) is 11.6. The number of nitro groups is 1. The molecule has 0 saturated heterocycles. The van der Waals surface area contributed by atoms with Crippen molar-refractivity contribution >= 4 is 38.9 Å². The van der Waals surface area contributed by atoms with Crippen LogP contribution in [0.15, 0.2) is 12.1 Å². The lowest BCUT2D eigenvalue weighted by molar-refractivity contribution is -0.383. The van der Waals surface area contributed by atoms with Crippen molar-refractivity contribution in [3.63, 3.8) is 0 Å². The van der Waals surface area contributed by atoms with E-state index < -0.39 is 16.3 Å². The van der Waals surface area contributed by atoms with Crippen molar-refractivity contribution in [3.05, 3.63) is 27.3 Å².